The van der Waals surface area contributed by atoms with Crippen LogP contribution in [0.2, 0.25) is 0 Å². The van der Waals surface area contributed by atoms with Gasteiger partial charge in [-0.05, 0) is 105 Å². The number of hydrogen-bond donors (Lipinski definition) is 0. The number of anilines is 3. The van der Waals surface area contributed by atoms with Gasteiger partial charge in [0, 0.05) is 38.8 Å². The average Bonchev–Trinajstić information content (AvgIpc) is 3.81. The molecule has 9 aromatic carbocycles. The average molecular weight is 742 g/mol. The summed E-state index contributed by atoms with van der Waals surface area (Å²) in [4.78, 5) is 2.34. The van der Waals surface area contributed by atoms with Gasteiger partial charge < -0.3 is 9.32 Å². The Morgan fingerprint density at radius 3 is 1.29 bits per heavy atom. The summed E-state index contributed by atoms with van der Waals surface area (Å²) in [6.07, 6.45) is 0. The molecule has 0 amide bonds. The predicted octanol–water partition coefficient (Wildman–Crippen LogP) is 15.4. The number of nitrogens with zero attached hydrogens (tertiary/aromatic N) is 1. The SMILES string of the molecule is CC1(c2cccc3c2oc2cccc(-c4ccc(N(c5ccc(-c6ccccc6)cc5)c5ccc(-c6ccccc6)cc5)cc4)c23)c2ccccc2-c2ccccc21. The van der Waals surface area contributed by atoms with Crippen LogP contribution in [0.25, 0.3) is 66.4 Å². The van der Waals surface area contributed by atoms with E-state index in [2.05, 4.69) is 230 Å². The Bertz CT molecular complexity index is 2960. The lowest BCUT2D eigenvalue weighted by Gasteiger charge is -2.28. The fraction of sp³-hybridized carbons (Fsp3) is 0.0357. The highest BCUT2D eigenvalue weighted by Crippen LogP contribution is 2.54. The third-order valence-corrected chi connectivity index (χ3v) is 12.2. The predicted molar refractivity (Wildman–Crippen MR) is 242 cm³/mol. The number of furan rings is 1. The quantitative estimate of drug-likeness (QED) is 0.162. The molecule has 274 valence electrons. The monoisotopic (exact) mass is 741 g/mol. The molecule has 0 fully saturated rings. The van der Waals surface area contributed by atoms with Crippen molar-refractivity contribution in [1.29, 1.82) is 0 Å². The highest BCUT2D eigenvalue weighted by molar-refractivity contribution is 6.13. The molecule has 0 unspecified atom stereocenters. The van der Waals surface area contributed by atoms with Crippen molar-refractivity contribution in [1.82, 2.24) is 0 Å². The van der Waals surface area contributed by atoms with E-state index in [9.17, 15) is 0 Å². The van der Waals surface area contributed by atoms with Crippen LogP contribution in [-0.4, -0.2) is 0 Å². The van der Waals surface area contributed by atoms with Crippen molar-refractivity contribution in [3.8, 4) is 44.5 Å². The van der Waals surface area contributed by atoms with E-state index in [0.717, 1.165) is 50.1 Å². The highest BCUT2D eigenvalue weighted by Gasteiger charge is 2.42. The Labute approximate surface area is 338 Å². The van der Waals surface area contributed by atoms with Gasteiger partial charge in [0.2, 0.25) is 0 Å². The van der Waals surface area contributed by atoms with Gasteiger partial charge in [-0.25, -0.2) is 0 Å². The van der Waals surface area contributed by atoms with Crippen LogP contribution in [0.3, 0.4) is 0 Å². The molecular formula is C56H39NO. The molecule has 2 heteroatoms. The topological polar surface area (TPSA) is 16.4 Å². The number of hydrogen-bond acceptors (Lipinski definition) is 2. The molecule has 58 heavy (non-hydrogen) atoms. The largest absolute Gasteiger partial charge is 0.456 e. The summed E-state index contributed by atoms with van der Waals surface area (Å²) in [7, 11) is 0. The minimum atomic E-state index is -0.357. The van der Waals surface area contributed by atoms with E-state index in [-0.39, 0.29) is 5.41 Å². The fourth-order valence-electron chi connectivity index (χ4n) is 9.33. The maximum atomic E-state index is 6.91. The van der Waals surface area contributed by atoms with Crippen molar-refractivity contribution < 1.29 is 4.42 Å². The summed E-state index contributed by atoms with van der Waals surface area (Å²) in [6, 6.07) is 78.6. The lowest BCUT2D eigenvalue weighted by atomic mass is 9.74. The maximum Gasteiger partial charge on any atom is 0.139 e. The molecule has 0 bridgehead atoms. The molecule has 1 aromatic heterocycles. The molecule has 1 aliphatic rings. The molecule has 0 N–H and O–H groups in total. The first kappa shape index (κ1) is 33.9. The Balaban J connectivity index is 1.01. The molecule has 0 radical (unpaired) electrons. The van der Waals surface area contributed by atoms with Crippen LogP contribution in [0.4, 0.5) is 17.1 Å². The number of fused-ring (bicyclic) bond motifs is 6. The Morgan fingerprint density at radius 2 is 0.759 bits per heavy atom. The van der Waals surface area contributed by atoms with Gasteiger partial charge >= 0.3 is 0 Å². The van der Waals surface area contributed by atoms with Gasteiger partial charge in [-0.15, -0.1) is 0 Å². The van der Waals surface area contributed by atoms with Crippen LogP contribution in [0.15, 0.2) is 223 Å². The van der Waals surface area contributed by atoms with E-state index < -0.39 is 0 Å². The first-order valence-corrected chi connectivity index (χ1v) is 20.0. The second kappa shape index (κ2) is 13.7. The van der Waals surface area contributed by atoms with Crippen molar-refractivity contribution in [2.24, 2.45) is 0 Å². The highest BCUT2D eigenvalue weighted by atomic mass is 16.3. The maximum absolute atomic E-state index is 6.91. The third kappa shape index (κ3) is 5.41. The van der Waals surface area contributed by atoms with Crippen molar-refractivity contribution in [2.75, 3.05) is 4.90 Å². The number of benzene rings is 9. The molecule has 0 atom stereocenters. The van der Waals surface area contributed by atoms with Crippen molar-refractivity contribution >= 4 is 39.0 Å². The van der Waals surface area contributed by atoms with Gasteiger partial charge in [0.05, 0.1) is 0 Å². The molecule has 2 nitrogen and oxygen atoms in total. The molecule has 1 heterocycles. The molecular weight excluding hydrogens is 703 g/mol. The first-order valence-electron chi connectivity index (χ1n) is 20.0. The number of rotatable bonds is 7. The smallest absolute Gasteiger partial charge is 0.139 e. The van der Waals surface area contributed by atoms with Gasteiger partial charge in [-0.1, -0.05) is 176 Å². The normalized spacial score (nSPS) is 12.7. The van der Waals surface area contributed by atoms with Crippen LogP contribution < -0.4 is 4.90 Å². The number of para-hydroxylation sites is 1. The van der Waals surface area contributed by atoms with Crippen LogP contribution in [0.5, 0.6) is 0 Å². The Kier molecular flexibility index (Phi) is 7.97. The van der Waals surface area contributed by atoms with E-state index in [4.69, 9.17) is 4.42 Å². The van der Waals surface area contributed by atoms with Gasteiger partial charge in [-0.2, -0.15) is 0 Å². The molecule has 0 saturated carbocycles. The molecule has 0 aliphatic heterocycles. The summed E-state index contributed by atoms with van der Waals surface area (Å²) in [5, 5.41) is 2.27. The third-order valence-electron chi connectivity index (χ3n) is 12.2. The lowest BCUT2D eigenvalue weighted by molar-refractivity contribution is 0.638. The van der Waals surface area contributed by atoms with Crippen LogP contribution in [-0.2, 0) is 5.41 Å². The van der Waals surface area contributed by atoms with E-state index in [0.29, 0.717) is 0 Å². The zero-order valence-corrected chi connectivity index (χ0v) is 32.1. The van der Waals surface area contributed by atoms with Gasteiger partial charge in [-0.3, -0.25) is 0 Å². The molecule has 11 rings (SSSR count). The lowest BCUT2D eigenvalue weighted by Crippen LogP contribution is -2.22. The van der Waals surface area contributed by atoms with Crippen LogP contribution in [0, 0.1) is 0 Å². The molecule has 1 aliphatic carbocycles. The van der Waals surface area contributed by atoms with Crippen LogP contribution >= 0.6 is 0 Å². The van der Waals surface area contributed by atoms with E-state index in [1.165, 1.54) is 50.1 Å². The minimum Gasteiger partial charge on any atom is -0.456 e. The van der Waals surface area contributed by atoms with Crippen molar-refractivity contribution in [3.05, 3.63) is 235 Å². The van der Waals surface area contributed by atoms with E-state index in [1.54, 1.807) is 0 Å². The zero-order valence-electron chi connectivity index (χ0n) is 32.1. The zero-order chi connectivity index (χ0) is 38.6. The molecule has 10 aromatic rings. The van der Waals surface area contributed by atoms with E-state index >= 15 is 0 Å². The molecule has 0 spiro atoms. The molecule has 0 saturated heterocycles. The summed E-state index contributed by atoms with van der Waals surface area (Å²) >= 11 is 0. The summed E-state index contributed by atoms with van der Waals surface area (Å²) < 4.78 is 6.91. The minimum absolute atomic E-state index is 0.357. The summed E-state index contributed by atoms with van der Waals surface area (Å²) in [5.41, 5.74) is 18.3. The second-order valence-corrected chi connectivity index (χ2v) is 15.4. The van der Waals surface area contributed by atoms with Crippen molar-refractivity contribution in [3.63, 3.8) is 0 Å². The van der Waals surface area contributed by atoms with Gasteiger partial charge in [0.15, 0.2) is 0 Å². The summed E-state index contributed by atoms with van der Waals surface area (Å²) in [6.45, 7) is 2.36. The van der Waals surface area contributed by atoms with Crippen molar-refractivity contribution in [2.45, 2.75) is 12.3 Å². The Hall–Kier alpha value is -7.42. The standard InChI is InChI=1S/C56H39NO/c1-56(50-22-10-8-18-47(50)48-19-9-11-23-51(48)56)52-24-12-21-49-54-46(20-13-25-53(54)58-55(49)52)42-30-36-45(37-31-42)57(43-32-26-40(27-33-43)38-14-4-2-5-15-38)44-34-28-41(29-35-44)39-16-6-3-7-17-39/h2-37H,1H3. The fourth-order valence-corrected chi connectivity index (χ4v) is 9.33. The van der Waals surface area contributed by atoms with E-state index in [1.807, 2.05) is 0 Å². The van der Waals surface area contributed by atoms with Crippen LogP contribution in [0.1, 0.15) is 23.6 Å². The van der Waals surface area contributed by atoms with Gasteiger partial charge in [0.25, 0.3) is 0 Å². The van der Waals surface area contributed by atoms with Gasteiger partial charge in [0.1, 0.15) is 11.2 Å². The summed E-state index contributed by atoms with van der Waals surface area (Å²) in [5.74, 6) is 0. The first-order chi connectivity index (χ1) is 28.6. The second-order valence-electron chi connectivity index (χ2n) is 15.4. The Morgan fingerprint density at radius 1 is 0.345 bits per heavy atom.